The molecule has 1 nitrogen and oxygen atoms in total. The molecule has 0 aliphatic carbocycles. The minimum Gasteiger partial charge on any atom is -0.378 e. The molecule has 0 saturated carbocycles. The second kappa shape index (κ2) is 10.5. The summed E-state index contributed by atoms with van der Waals surface area (Å²) < 4.78 is 5.90. The summed E-state index contributed by atoms with van der Waals surface area (Å²) >= 11 is 0. The van der Waals surface area contributed by atoms with Crippen molar-refractivity contribution in [3.8, 4) is 11.8 Å². The van der Waals surface area contributed by atoms with Crippen molar-refractivity contribution >= 4 is 5.57 Å². The van der Waals surface area contributed by atoms with E-state index in [-0.39, 0.29) is 0 Å². The molecule has 0 N–H and O–H groups in total. The maximum atomic E-state index is 5.90. The molecule has 0 bridgehead atoms. The van der Waals surface area contributed by atoms with Gasteiger partial charge in [-0.25, -0.2) is 0 Å². The third kappa shape index (κ3) is 6.07. The van der Waals surface area contributed by atoms with E-state index in [0.29, 0.717) is 6.10 Å². The second-order valence-electron chi connectivity index (χ2n) is 5.70. The minimum atomic E-state index is 0.369. The van der Waals surface area contributed by atoms with E-state index in [1.165, 1.54) is 0 Å². The van der Waals surface area contributed by atoms with Crippen LogP contribution >= 0.6 is 0 Å². The third-order valence-corrected chi connectivity index (χ3v) is 3.93. The highest BCUT2D eigenvalue weighted by molar-refractivity contribution is 5.79. The molecule has 0 atom stereocenters. The van der Waals surface area contributed by atoms with Crippen LogP contribution in [0.4, 0.5) is 0 Å². The van der Waals surface area contributed by atoms with Crippen LogP contribution in [0.25, 0.3) is 5.57 Å². The predicted molar refractivity (Wildman–Crippen MR) is 103 cm³/mol. The average Bonchev–Trinajstić information content (AvgIpc) is 2.66. The molecule has 1 heteroatoms. The smallest absolute Gasteiger partial charge is 0.0570 e. The van der Waals surface area contributed by atoms with Crippen LogP contribution in [-0.4, -0.2) is 12.7 Å². The van der Waals surface area contributed by atoms with E-state index in [1.54, 1.807) is 0 Å². The van der Waals surface area contributed by atoms with Crippen LogP contribution in [0.1, 0.15) is 44.2 Å². The van der Waals surface area contributed by atoms with Crippen LogP contribution in [-0.2, 0) is 4.74 Å². The lowest BCUT2D eigenvalue weighted by Crippen LogP contribution is -2.10. The lowest BCUT2D eigenvalue weighted by Gasteiger charge is -2.12. The molecule has 0 aliphatic rings. The fourth-order valence-electron chi connectivity index (χ4n) is 2.48. The number of hydrogen-bond donors (Lipinski definition) is 0. The fourth-order valence-corrected chi connectivity index (χ4v) is 2.48. The molecular formula is C23H26O. The average molecular weight is 318 g/mol. The van der Waals surface area contributed by atoms with Crippen molar-refractivity contribution in [1.82, 2.24) is 0 Å². The van der Waals surface area contributed by atoms with Gasteiger partial charge in [0.2, 0.25) is 0 Å². The van der Waals surface area contributed by atoms with Crippen LogP contribution < -0.4 is 0 Å². The monoisotopic (exact) mass is 318 g/mol. The summed E-state index contributed by atoms with van der Waals surface area (Å²) in [6, 6.07) is 20.4. The summed E-state index contributed by atoms with van der Waals surface area (Å²) in [6.45, 7) is 5.09. The second-order valence-corrected chi connectivity index (χ2v) is 5.70. The maximum absolute atomic E-state index is 5.90. The molecule has 0 heterocycles. The minimum absolute atomic E-state index is 0.369. The third-order valence-electron chi connectivity index (χ3n) is 3.93. The number of allylic oxidation sites excluding steroid dienone is 1. The first kappa shape index (κ1) is 18.0. The Hall–Kier alpha value is -2.30. The Bertz CT molecular complexity index is 670. The summed E-state index contributed by atoms with van der Waals surface area (Å²) in [5.41, 5.74) is 3.25. The van der Waals surface area contributed by atoms with Crippen LogP contribution in [0.3, 0.4) is 0 Å². The summed E-state index contributed by atoms with van der Waals surface area (Å²) in [4.78, 5) is 0. The molecule has 2 rings (SSSR count). The van der Waals surface area contributed by atoms with Crippen molar-refractivity contribution in [3.05, 3.63) is 77.9 Å². The largest absolute Gasteiger partial charge is 0.378 e. The molecule has 0 aliphatic heterocycles. The topological polar surface area (TPSA) is 9.23 Å². The van der Waals surface area contributed by atoms with Gasteiger partial charge in [0.1, 0.15) is 0 Å². The van der Waals surface area contributed by atoms with Gasteiger partial charge in [0.05, 0.1) is 12.7 Å². The molecule has 0 saturated heterocycles. The van der Waals surface area contributed by atoms with Gasteiger partial charge < -0.3 is 4.74 Å². The van der Waals surface area contributed by atoms with Gasteiger partial charge in [-0.05, 0) is 37.0 Å². The van der Waals surface area contributed by atoms with Crippen LogP contribution in [0.2, 0.25) is 0 Å². The van der Waals surface area contributed by atoms with Crippen molar-refractivity contribution in [1.29, 1.82) is 0 Å². The van der Waals surface area contributed by atoms with Crippen molar-refractivity contribution < 1.29 is 4.74 Å². The van der Waals surface area contributed by atoms with E-state index >= 15 is 0 Å². The zero-order valence-electron chi connectivity index (χ0n) is 14.7. The van der Waals surface area contributed by atoms with E-state index in [0.717, 1.165) is 42.6 Å². The summed E-state index contributed by atoms with van der Waals surface area (Å²) in [6.07, 6.45) is 5.57. The Balaban J connectivity index is 2.09. The van der Waals surface area contributed by atoms with Gasteiger partial charge in [-0.15, -0.1) is 0 Å². The predicted octanol–water partition coefficient (Wildman–Crippen LogP) is 5.72. The molecular weight excluding hydrogens is 292 g/mol. The van der Waals surface area contributed by atoms with E-state index in [2.05, 4.69) is 43.9 Å². The van der Waals surface area contributed by atoms with Crippen molar-refractivity contribution in [2.45, 2.75) is 39.2 Å². The van der Waals surface area contributed by atoms with Gasteiger partial charge in [0.15, 0.2) is 0 Å². The summed E-state index contributed by atoms with van der Waals surface area (Å²) in [5.74, 6) is 6.58. The first-order valence-corrected chi connectivity index (χ1v) is 8.77. The Morgan fingerprint density at radius 1 is 0.958 bits per heavy atom. The normalized spacial score (nSPS) is 11.2. The zero-order valence-corrected chi connectivity index (χ0v) is 14.7. The fraction of sp³-hybridized carbons (Fsp3) is 0.304. The Morgan fingerprint density at radius 3 is 2.21 bits per heavy atom. The molecule has 2 aromatic carbocycles. The van der Waals surface area contributed by atoms with Crippen LogP contribution in [0, 0.1) is 11.8 Å². The van der Waals surface area contributed by atoms with Gasteiger partial charge >= 0.3 is 0 Å². The molecule has 0 aromatic heterocycles. The van der Waals surface area contributed by atoms with Gasteiger partial charge in [-0.3, -0.25) is 0 Å². The first-order valence-electron chi connectivity index (χ1n) is 8.77. The van der Waals surface area contributed by atoms with Gasteiger partial charge in [-0.1, -0.05) is 80.3 Å². The maximum Gasteiger partial charge on any atom is 0.0570 e. The van der Waals surface area contributed by atoms with Crippen molar-refractivity contribution in [2.24, 2.45) is 0 Å². The van der Waals surface area contributed by atoms with Crippen molar-refractivity contribution in [3.63, 3.8) is 0 Å². The Labute approximate surface area is 146 Å². The van der Waals surface area contributed by atoms with E-state index in [1.807, 2.05) is 48.5 Å². The Morgan fingerprint density at radius 2 is 1.58 bits per heavy atom. The van der Waals surface area contributed by atoms with E-state index in [9.17, 15) is 0 Å². The molecule has 2 aromatic rings. The lowest BCUT2D eigenvalue weighted by molar-refractivity contribution is 0.0515. The highest BCUT2D eigenvalue weighted by Crippen LogP contribution is 2.15. The molecule has 0 unspecified atom stereocenters. The molecule has 0 spiro atoms. The summed E-state index contributed by atoms with van der Waals surface area (Å²) in [5, 5.41) is 0. The van der Waals surface area contributed by atoms with Crippen LogP contribution in [0.5, 0.6) is 0 Å². The molecule has 124 valence electrons. The molecule has 0 radical (unpaired) electrons. The Kier molecular flexibility index (Phi) is 7.87. The standard InChI is InChI=1S/C23H26O/c1-3-23(4-2)24-19-11-16-22(21-14-9-6-10-15-21)18-17-20-12-7-5-8-13-20/h5-10,12-16,23H,3-4,11,19H2,1-2H3/b22-16+. The SMILES string of the molecule is CCC(CC)OCC/C=C(\C#Cc1ccccc1)c1ccccc1. The van der Waals surface area contributed by atoms with Gasteiger partial charge in [0, 0.05) is 11.1 Å². The van der Waals surface area contributed by atoms with Gasteiger partial charge in [-0.2, -0.15) is 0 Å². The number of benzene rings is 2. The summed E-state index contributed by atoms with van der Waals surface area (Å²) in [7, 11) is 0. The van der Waals surface area contributed by atoms with E-state index in [4.69, 9.17) is 4.74 Å². The van der Waals surface area contributed by atoms with E-state index < -0.39 is 0 Å². The zero-order chi connectivity index (χ0) is 17.0. The van der Waals surface area contributed by atoms with Crippen LogP contribution in [0.15, 0.2) is 66.7 Å². The molecule has 0 amide bonds. The number of ether oxygens (including phenoxy) is 1. The highest BCUT2D eigenvalue weighted by atomic mass is 16.5. The van der Waals surface area contributed by atoms with Gasteiger partial charge in [0.25, 0.3) is 0 Å². The van der Waals surface area contributed by atoms with Crippen molar-refractivity contribution in [2.75, 3.05) is 6.61 Å². The first-order chi connectivity index (χ1) is 11.8. The number of rotatable bonds is 7. The number of hydrogen-bond acceptors (Lipinski definition) is 1. The lowest BCUT2D eigenvalue weighted by atomic mass is 10.0. The highest BCUT2D eigenvalue weighted by Gasteiger charge is 2.02. The molecule has 24 heavy (non-hydrogen) atoms. The quantitative estimate of drug-likeness (QED) is 0.469. The molecule has 0 fully saturated rings.